The highest BCUT2D eigenvalue weighted by atomic mass is 79.9. The van der Waals surface area contributed by atoms with Gasteiger partial charge in [-0.15, -0.1) is 0 Å². The Hall–Kier alpha value is -1.68. The number of pyridine rings is 1. The summed E-state index contributed by atoms with van der Waals surface area (Å²) in [4.78, 5) is 15.8. The summed E-state index contributed by atoms with van der Waals surface area (Å²) in [6.07, 6.45) is 1.64. The Morgan fingerprint density at radius 3 is 2.50 bits per heavy atom. The van der Waals surface area contributed by atoms with Gasteiger partial charge in [-0.2, -0.15) is 0 Å². The number of carbonyl (C=O) groups is 1. The van der Waals surface area contributed by atoms with E-state index in [1.807, 2.05) is 18.2 Å². The summed E-state index contributed by atoms with van der Waals surface area (Å²) in [6, 6.07) is 12.5. The molecular weight excluding hydrogens is 268 g/mol. The summed E-state index contributed by atoms with van der Waals surface area (Å²) >= 11 is 3.32. The summed E-state index contributed by atoms with van der Waals surface area (Å²) in [7, 11) is 0. The fourth-order valence-electron chi connectivity index (χ4n) is 1.23. The molecule has 1 amide bonds. The lowest BCUT2D eigenvalue weighted by molar-refractivity contribution is 0.102. The summed E-state index contributed by atoms with van der Waals surface area (Å²) in [5, 5.41) is 2.71. The molecule has 0 radical (unpaired) electrons. The molecule has 0 bridgehead atoms. The van der Waals surface area contributed by atoms with Crippen molar-refractivity contribution in [2.24, 2.45) is 0 Å². The van der Waals surface area contributed by atoms with Crippen molar-refractivity contribution in [3.8, 4) is 0 Å². The number of benzene rings is 1. The van der Waals surface area contributed by atoms with Gasteiger partial charge in [0.1, 0.15) is 5.82 Å². The number of halogens is 1. The number of hydrogen-bond donors (Lipinski definition) is 1. The predicted octanol–water partition coefficient (Wildman–Crippen LogP) is 3.10. The maximum Gasteiger partial charge on any atom is 0.256 e. The van der Waals surface area contributed by atoms with Crippen LogP contribution in [0.5, 0.6) is 0 Å². The monoisotopic (exact) mass is 276 g/mol. The van der Waals surface area contributed by atoms with Crippen molar-refractivity contribution in [1.29, 1.82) is 0 Å². The summed E-state index contributed by atoms with van der Waals surface area (Å²) in [5.74, 6) is 0.390. The van der Waals surface area contributed by atoms with Gasteiger partial charge >= 0.3 is 0 Å². The molecule has 16 heavy (non-hydrogen) atoms. The summed E-state index contributed by atoms with van der Waals surface area (Å²) in [5.41, 5.74) is 0.605. The maximum absolute atomic E-state index is 11.8. The Kier molecular flexibility index (Phi) is 3.31. The van der Waals surface area contributed by atoms with Crippen molar-refractivity contribution in [3.05, 3.63) is 58.7 Å². The van der Waals surface area contributed by atoms with Crippen molar-refractivity contribution >= 4 is 27.7 Å². The molecule has 3 nitrogen and oxygen atoms in total. The second-order valence-electron chi connectivity index (χ2n) is 3.18. The molecular formula is C12H9BrN2O. The third-order valence-electron chi connectivity index (χ3n) is 2.01. The summed E-state index contributed by atoms with van der Waals surface area (Å²) in [6.45, 7) is 0. The van der Waals surface area contributed by atoms with Crippen LogP contribution >= 0.6 is 15.9 Å². The van der Waals surface area contributed by atoms with E-state index in [0.717, 1.165) is 4.47 Å². The Morgan fingerprint density at radius 1 is 1.12 bits per heavy atom. The van der Waals surface area contributed by atoms with E-state index >= 15 is 0 Å². The first-order valence-corrected chi connectivity index (χ1v) is 5.53. The van der Waals surface area contributed by atoms with Crippen molar-refractivity contribution in [1.82, 2.24) is 4.98 Å². The first-order chi connectivity index (χ1) is 7.75. The van der Waals surface area contributed by atoms with Crippen molar-refractivity contribution < 1.29 is 4.79 Å². The van der Waals surface area contributed by atoms with Crippen LogP contribution in [0.25, 0.3) is 0 Å². The quantitative estimate of drug-likeness (QED) is 0.916. The van der Waals surface area contributed by atoms with Gasteiger partial charge in [0.05, 0.1) is 0 Å². The molecule has 0 aliphatic rings. The number of carbonyl (C=O) groups excluding carboxylic acids is 1. The van der Waals surface area contributed by atoms with Gasteiger partial charge in [-0.3, -0.25) is 4.79 Å². The molecule has 0 atom stereocenters. The topological polar surface area (TPSA) is 42.0 Å². The molecule has 80 valence electrons. The van der Waals surface area contributed by atoms with Crippen LogP contribution in [-0.2, 0) is 0 Å². The first kappa shape index (κ1) is 10.8. The number of aromatic nitrogens is 1. The number of amides is 1. The van der Waals surface area contributed by atoms with Crippen LogP contribution in [0.2, 0.25) is 0 Å². The minimum Gasteiger partial charge on any atom is -0.307 e. The van der Waals surface area contributed by atoms with Crippen LogP contribution in [0, 0.1) is 0 Å². The van der Waals surface area contributed by atoms with Gasteiger partial charge in [-0.25, -0.2) is 4.98 Å². The normalized spacial score (nSPS) is 9.81. The zero-order valence-electron chi connectivity index (χ0n) is 8.35. The van der Waals surface area contributed by atoms with Crippen LogP contribution in [0.1, 0.15) is 10.4 Å². The average Bonchev–Trinajstić information content (AvgIpc) is 2.31. The third kappa shape index (κ3) is 2.67. The fourth-order valence-corrected chi connectivity index (χ4v) is 1.49. The summed E-state index contributed by atoms with van der Waals surface area (Å²) < 4.78 is 0.946. The van der Waals surface area contributed by atoms with Crippen molar-refractivity contribution in [2.45, 2.75) is 0 Å². The molecule has 1 heterocycles. The van der Waals surface area contributed by atoms with Gasteiger partial charge in [-0.05, 0) is 36.4 Å². The molecule has 0 saturated heterocycles. The van der Waals surface area contributed by atoms with E-state index in [2.05, 4.69) is 26.2 Å². The largest absolute Gasteiger partial charge is 0.307 e. The van der Waals surface area contributed by atoms with Gasteiger partial charge in [0.25, 0.3) is 5.91 Å². The highest BCUT2D eigenvalue weighted by Gasteiger charge is 2.05. The van der Waals surface area contributed by atoms with E-state index in [-0.39, 0.29) is 5.91 Å². The molecule has 1 aromatic heterocycles. The Balaban J connectivity index is 2.12. The predicted molar refractivity (Wildman–Crippen MR) is 66.3 cm³/mol. The lowest BCUT2D eigenvalue weighted by Gasteiger charge is -2.03. The average molecular weight is 277 g/mol. The van der Waals surface area contributed by atoms with Gasteiger partial charge < -0.3 is 5.32 Å². The molecule has 1 N–H and O–H groups in total. The van der Waals surface area contributed by atoms with Crippen LogP contribution in [0.15, 0.2) is 53.1 Å². The van der Waals surface area contributed by atoms with Crippen LogP contribution in [-0.4, -0.2) is 10.9 Å². The molecule has 4 heteroatoms. The SMILES string of the molecule is O=C(Nc1ccccn1)c1ccc(Br)cc1. The lowest BCUT2D eigenvalue weighted by Crippen LogP contribution is -2.12. The molecule has 0 unspecified atom stereocenters. The lowest BCUT2D eigenvalue weighted by atomic mass is 10.2. The highest BCUT2D eigenvalue weighted by molar-refractivity contribution is 9.10. The minimum atomic E-state index is -0.161. The number of hydrogen-bond acceptors (Lipinski definition) is 2. The third-order valence-corrected chi connectivity index (χ3v) is 2.54. The Bertz CT molecular complexity index is 482. The van der Waals surface area contributed by atoms with E-state index in [4.69, 9.17) is 0 Å². The smallest absolute Gasteiger partial charge is 0.256 e. The molecule has 0 aliphatic carbocycles. The molecule has 1 aromatic carbocycles. The van der Waals surface area contributed by atoms with Crippen LogP contribution in [0.3, 0.4) is 0 Å². The first-order valence-electron chi connectivity index (χ1n) is 4.73. The van der Waals surface area contributed by atoms with E-state index in [9.17, 15) is 4.79 Å². The minimum absolute atomic E-state index is 0.161. The van der Waals surface area contributed by atoms with Gasteiger partial charge in [-0.1, -0.05) is 22.0 Å². The van der Waals surface area contributed by atoms with Gasteiger partial charge in [0.2, 0.25) is 0 Å². The van der Waals surface area contributed by atoms with Gasteiger partial charge in [0, 0.05) is 16.2 Å². The molecule has 2 rings (SSSR count). The fraction of sp³-hybridized carbons (Fsp3) is 0. The molecule has 0 saturated carbocycles. The van der Waals surface area contributed by atoms with E-state index < -0.39 is 0 Å². The van der Waals surface area contributed by atoms with Gasteiger partial charge in [0.15, 0.2) is 0 Å². The number of nitrogens with one attached hydrogen (secondary N) is 1. The zero-order valence-corrected chi connectivity index (χ0v) is 9.94. The second-order valence-corrected chi connectivity index (χ2v) is 4.09. The molecule has 0 spiro atoms. The standard InChI is InChI=1S/C12H9BrN2O/c13-10-6-4-9(5-7-10)12(16)15-11-3-1-2-8-14-11/h1-8H,(H,14,15,16). The maximum atomic E-state index is 11.8. The Morgan fingerprint density at radius 2 is 1.88 bits per heavy atom. The van der Waals surface area contributed by atoms with E-state index in [1.165, 1.54) is 0 Å². The number of nitrogens with zero attached hydrogens (tertiary/aromatic N) is 1. The van der Waals surface area contributed by atoms with Crippen LogP contribution < -0.4 is 5.32 Å². The second kappa shape index (κ2) is 4.90. The molecule has 0 fully saturated rings. The molecule has 0 aliphatic heterocycles. The van der Waals surface area contributed by atoms with Crippen molar-refractivity contribution in [2.75, 3.05) is 5.32 Å². The van der Waals surface area contributed by atoms with Crippen LogP contribution in [0.4, 0.5) is 5.82 Å². The number of rotatable bonds is 2. The van der Waals surface area contributed by atoms with Crippen molar-refractivity contribution in [3.63, 3.8) is 0 Å². The molecule has 2 aromatic rings. The highest BCUT2D eigenvalue weighted by Crippen LogP contribution is 2.11. The van der Waals surface area contributed by atoms with E-state index in [0.29, 0.717) is 11.4 Å². The Labute approximate surface area is 102 Å². The zero-order chi connectivity index (χ0) is 11.4. The van der Waals surface area contributed by atoms with E-state index in [1.54, 1.807) is 30.5 Å². The number of anilines is 1.